The zero-order valence-corrected chi connectivity index (χ0v) is 6.16. The molecule has 0 aromatic rings. The van der Waals surface area contributed by atoms with Gasteiger partial charge in [0.2, 0.25) is 0 Å². The van der Waals surface area contributed by atoms with Crippen molar-refractivity contribution in [1.29, 1.82) is 0 Å². The average Bonchev–Trinajstić information content (AvgIpc) is 2.22. The highest BCUT2D eigenvalue weighted by Gasteiger charge is 2.35. The first-order valence-electron chi connectivity index (χ1n) is 2.33. The maximum absolute atomic E-state index is 2.46. The molecule has 1 saturated carbocycles. The Morgan fingerprint density at radius 3 is 2.17 bits per heavy atom. The Bertz CT molecular complexity index is 55.0. The number of alkyl halides is 1. The van der Waals surface area contributed by atoms with E-state index in [0.29, 0.717) is 0 Å². The third kappa shape index (κ3) is 0.863. The minimum Gasteiger partial charge on any atom is -0.0858 e. The quantitative estimate of drug-likeness (QED) is 0.445. The Morgan fingerprint density at radius 1 is 1.67 bits per heavy atom. The van der Waals surface area contributed by atoms with E-state index in [1.807, 2.05) is 0 Å². The molecule has 0 aromatic carbocycles. The maximum Gasteiger partial charge on any atom is 0.00493 e. The van der Waals surface area contributed by atoms with E-state index in [1.54, 1.807) is 0 Å². The second-order valence-electron chi connectivity index (χ2n) is 2.44. The van der Waals surface area contributed by atoms with Gasteiger partial charge >= 0.3 is 0 Å². The summed E-state index contributed by atoms with van der Waals surface area (Å²) in [6, 6.07) is 0. The van der Waals surface area contributed by atoms with Gasteiger partial charge in [-0.3, -0.25) is 0 Å². The van der Waals surface area contributed by atoms with Crippen LogP contribution in [0.15, 0.2) is 0 Å². The Hall–Kier alpha value is 0.730. The SMILES string of the molecule is CC1(CI)CC1. The first-order chi connectivity index (χ1) is 2.77. The molecule has 0 aliphatic heterocycles. The lowest BCUT2D eigenvalue weighted by atomic mass is 10.2. The van der Waals surface area contributed by atoms with Gasteiger partial charge in [-0.1, -0.05) is 29.5 Å². The smallest absolute Gasteiger partial charge is 0.00493 e. The molecular formula is C5H9I. The van der Waals surface area contributed by atoms with Crippen LogP contribution in [0.3, 0.4) is 0 Å². The van der Waals surface area contributed by atoms with Crippen molar-refractivity contribution in [2.24, 2.45) is 5.41 Å². The molecule has 0 saturated heterocycles. The molecule has 0 amide bonds. The zero-order chi connectivity index (χ0) is 4.62. The predicted molar refractivity (Wildman–Crippen MR) is 36.2 cm³/mol. The molecule has 0 aromatic heterocycles. The first kappa shape index (κ1) is 4.88. The highest BCUT2D eigenvalue weighted by atomic mass is 127. The molecule has 1 heteroatoms. The summed E-state index contributed by atoms with van der Waals surface area (Å²) in [5.41, 5.74) is 0.778. The molecule has 36 valence electrons. The van der Waals surface area contributed by atoms with Gasteiger partial charge in [-0.15, -0.1) is 0 Å². The molecule has 0 radical (unpaired) electrons. The summed E-state index contributed by atoms with van der Waals surface area (Å²) in [6.07, 6.45) is 2.94. The monoisotopic (exact) mass is 196 g/mol. The van der Waals surface area contributed by atoms with Crippen LogP contribution < -0.4 is 0 Å². The minimum absolute atomic E-state index is 0.778. The second-order valence-corrected chi connectivity index (χ2v) is 3.21. The van der Waals surface area contributed by atoms with E-state index >= 15 is 0 Å². The van der Waals surface area contributed by atoms with Crippen LogP contribution in [0.5, 0.6) is 0 Å². The molecule has 0 spiro atoms. The van der Waals surface area contributed by atoms with Gasteiger partial charge < -0.3 is 0 Å². The molecule has 1 rings (SSSR count). The van der Waals surface area contributed by atoms with E-state index in [0.717, 1.165) is 5.41 Å². The predicted octanol–water partition coefficient (Wildman–Crippen LogP) is 2.22. The van der Waals surface area contributed by atoms with E-state index < -0.39 is 0 Å². The van der Waals surface area contributed by atoms with Gasteiger partial charge in [0, 0.05) is 4.43 Å². The summed E-state index contributed by atoms with van der Waals surface area (Å²) in [5.74, 6) is 0. The zero-order valence-electron chi connectivity index (χ0n) is 4.00. The number of hydrogen-bond donors (Lipinski definition) is 0. The fraction of sp³-hybridized carbons (Fsp3) is 1.00. The van der Waals surface area contributed by atoms with Gasteiger partial charge in [-0.05, 0) is 18.3 Å². The maximum atomic E-state index is 2.46. The number of rotatable bonds is 1. The van der Waals surface area contributed by atoms with E-state index in [4.69, 9.17) is 0 Å². The van der Waals surface area contributed by atoms with E-state index in [2.05, 4.69) is 29.5 Å². The molecule has 6 heavy (non-hydrogen) atoms. The van der Waals surface area contributed by atoms with E-state index in [1.165, 1.54) is 17.3 Å². The van der Waals surface area contributed by atoms with Gasteiger partial charge in [0.1, 0.15) is 0 Å². The highest BCUT2D eigenvalue weighted by Crippen LogP contribution is 2.46. The lowest BCUT2D eigenvalue weighted by Crippen LogP contribution is -1.90. The normalized spacial score (nSPS) is 27.0. The van der Waals surface area contributed by atoms with Crippen molar-refractivity contribution in [3.05, 3.63) is 0 Å². The molecule has 1 aliphatic carbocycles. The molecule has 0 N–H and O–H groups in total. The molecule has 0 unspecified atom stereocenters. The lowest BCUT2D eigenvalue weighted by molar-refractivity contribution is 0.679. The van der Waals surface area contributed by atoms with Crippen molar-refractivity contribution in [1.82, 2.24) is 0 Å². The number of halogens is 1. The van der Waals surface area contributed by atoms with Gasteiger partial charge in [-0.2, -0.15) is 0 Å². The van der Waals surface area contributed by atoms with E-state index in [9.17, 15) is 0 Å². The lowest BCUT2D eigenvalue weighted by Gasteiger charge is -1.95. The summed E-state index contributed by atoms with van der Waals surface area (Å²) in [7, 11) is 0. The summed E-state index contributed by atoms with van der Waals surface area (Å²) >= 11 is 2.46. The van der Waals surface area contributed by atoms with Gasteiger partial charge in [0.15, 0.2) is 0 Å². The minimum atomic E-state index is 0.778. The van der Waals surface area contributed by atoms with Crippen LogP contribution in [0.1, 0.15) is 19.8 Å². The van der Waals surface area contributed by atoms with Gasteiger partial charge in [0.25, 0.3) is 0 Å². The van der Waals surface area contributed by atoms with Crippen LogP contribution in [0.25, 0.3) is 0 Å². The van der Waals surface area contributed by atoms with Crippen molar-refractivity contribution < 1.29 is 0 Å². The van der Waals surface area contributed by atoms with Crippen molar-refractivity contribution >= 4 is 22.6 Å². The van der Waals surface area contributed by atoms with Gasteiger partial charge in [0.05, 0.1) is 0 Å². The van der Waals surface area contributed by atoms with Crippen LogP contribution in [0.2, 0.25) is 0 Å². The highest BCUT2D eigenvalue weighted by molar-refractivity contribution is 14.1. The molecule has 1 fully saturated rings. The first-order valence-corrected chi connectivity index (χ1v) is 3.85. The fourth-order valence-corrected chi connectivity index (χ4v) is 1.11. The standard InChI is InChI=1S/C5H9I/c1-5(4-6)2-3-5/h2-4H2,1H3. The van der Waals surface area contributed by atoms with Crippen molar-refractivity contribution in [2.45, 2.75) is 19.8 Å². The van der Waals surface area contributed by atoms with Crippen molar-refractivity contribution in [3.8, 4) is 0 Å². The summed E-state index contributed by atoms with van der Waals surface area (Å²) < 4.78 is 1.35. The van der Waals surface area contributed by atoms with Crippen LogP contribution >= 0.6 is 22.6 Å². The Labute approximate surface area is 52.5 Å². The van der Waals surface area contributed by atoms with Crippen LogP contribution in [0.4, 0.5) is 0 Å². The van der Waals surface area contributed by atoms with Crippen LogP contribution in [-0.4, -0.2) is 4.43 Å². The molecular weight excluding hydrogens is 187 g/mol. The molecule has 0 nitrogen and oxygen atoms in total. The second kappa shape index (κ2) is 1.35. The Kier molecular flexibility index (Phi) is 1.10. The molecule has 0 bridgehead atoms. The van der Waals surface area contributed by atoms with Gasteiger partial charge in [-0.25, -0.2) is 0 Å². The fourth-order valence-electron chi connectivity index (χ4n) is 0.347. The van der Waals surface area contributed by atoms with E-state index in [-0.39, 0.29) is 0 Å². The summed E-state index contributed by atoms with van der Waals surface area (Å²) in [4.78, 5) is 0. The summed E-state index contributed by atoms with van der Waals surface area (Å²) in [6.45, 7) is 2.35. The largest absolute Gasteiger partial charge is 0.0858 e. The third-order valence-electron chi connectivity index (χ3n) is 1.43. The Morgan fingerprint density at radius 2 is 2.17 bits per heavy atom. The van der Waals surface area contributed by atoms with Crippen molar-refractivity contribution in [2.75, 3.05) is 4.43 Å². The van der Waals surface area contributed by atoms with Crippen molar-refractivity contribution in [3.63, 3.8) is 0 Å². The third-order valence-corrected chi connectivity index (χ3v) is 3.27. The average molecular weight is 196 g/mol. The number of hydrogen-bond acceptors (Lipinski definition) is 0. The Balaban J connectivity index is 2.28. The topological polar surface area (TPSA) is 0 Å². The molecule has 0 atom stereocenters. The molecule has 0 heterocycles. The van der Waals surface area contributed by atoms with Crippen LogP contribution in [-0.2, 0) is 0 Å². The molecule has 1 aliphatic rings. The van der Waals surface area contributed by atoms with Crippen LogP contribution in [0, 0.1) is 5.41 Å². The summed E-state index contributed by atoms with van der Waals surface area (Å²) in [5, 5.41) is 0.